The number of hydrogen-bond acceptors (Lipinski definition) is 4. The SMILES string of the molecule is C=C(C)[C@H]1C[C@@]2(C)[C@H](CC[C@@H](OC(=O)/C(C)=C/C)[C@@H]2C)[C@@H](O)C1=O. The molecule has 2 fully saturated rings. The summed E-state index contributed by atoms with van der Waals surface area (Å²) < 4.78 is 5.73. The van der Waals surface area contributed by atoms with Gasteiger partial charge in [-0.15, -0.1) is 0 Å². The van der Waals surface area contributed by atoms with Crippen LogP contribution in [0.25, 0.3) is 0 Å². The van der Waals surface area contributed by atoms with Gasteiger partial charge in [0.1, 0.15) is 12.2 Å². The van der Waals surface area contributed by atoms with Gasteiger partial charge in [0.05, 0.1) is 0 Å². The van der Waals surface area contributed by atoms with E-state index in [1.54, 1.807) is 13.0 Å². The Morgan fingerprint density at radius 3 is 2.54 bits per heavy atom. The van der Waals surface area contributed by atoms with Crippen LogP contribution in [0.3, 0.4) is 0 Å². The van der Waals surface area contributed by atoms with E-state index in [9.17, 15) is 14.7 Å². The van der Waals surface area contributed by atoms with Crippen LogP contribution in [0.4, 0.5) is 0 Å². The molecule has 2 rings (SSSR count). The molecule has 0 aromatic carbocycles. The molecule has 2 saturated carbocycles. The van der Waals surface area contributed by atoms with Gasteiger partial charge in [-0.2, -0.15) is 0 Å². The van der Waals surface area contributed by atoms with E-state index in [0.717, 1.165) is 5.57 Å². The molecule has 0 heterocycles. The van der Waals surface area contributed by atoms with Gasteiger partial charge >= 0.3 is 5.97 Å². The number of hydrogen-bond donors (Lipinski definition) is 1. The van der Waals surface area contributed by atoms with Gasteiger partial charge in [0, 0.05) is 11.5 Å². The van der Waals surface area contributed by atoms with Crippen LogP contribution < -0.4 is 0 Å². The summed E-state index contributed by atoms with van der Waals surface area (Å²) in [7, 11) is 0. The van der Waals surface area contributed by atoms with Crippen LogP contribution in [0.15, 0.2) is 23.8 Å². The molecule has 2 aliphatic carbocycles. The highest BCUT2D eigenvalue weighted by atomic mass is 16.5. The second-order valence-electron chi connectivity index (χ2n) is 7.84. The molecular weight excluding hydrogens is 304 g/mol. The second kappa shape index (κ2) is 6.83. The third kappa shape index (κ3) is 3.08. The third-order valence-corrected chi connectivity index (χ3v) is 6.48. The highest BCUT2D eigenvalue weighted by Crippen LogP contribution is 2.55. The Labute approximate surface area is 145 Å². The standard InChI is InChI=1S/C20H30O4/c1-7-12(4)19(23)24-16-9-8-15-18(22)17(21)14(11(2)3)10-20(15,6)13(16)5/h7,13-16,18,22H,2,8-10H2,1,3-6H3/b12-7+/t13-,14+,15+,16+,18+,20+/m0/s1. The van der Waals surface area contributed by atoms with E-state index in [1.165, 1.54) is 0 Å². The summed E-state index contributed by atoms with van der Waals surface area (Å²) >= 11 is 0. The number of fused-ring (bicyclic) bond motifs is 1. The van der Waals surface area contributed by atoms with Crippen molar-refractivity contribution in [2.45, 2.75) is 66.1 Å². The minimum Gasteiger partial charge on any atom is -0.459 e. The van der Waals surface area contributed by atoms with Crippen LogP contribution in [0.2, 0.25) is 0 Å². The third-order valence-electron chi connectivity index (χ3n) is 6.48. The van der Waals surface area contributed by atoms with Crippen molar-refractivity contribution in [2.75, 3.05) is 0 Å². The molecule has 0 aliphatic heterocycles. The maximum absolute atomic E-state index is 12.5. The van der Waals surface area contributed by atoms with Crippen LogP contribution >= 0.6 is 0 Å². The number of allylic oxidation sites excluding steroid dienone is 2. The number of aliphatic hydroxyl groups excluding tert-OH is 1. The van der Waals surface area contributed by atoms with Gasteiger partial charge in [-0.05, 0) is 57.3 Å². The molecule has 0 saturated heterocycles. The lowest BCUT2D eigenvalue weighted by atomic mass is 9.51. The molecule has 4 nitrogen and oxygen atoms in total. The maximum Gasteiger partial charge on any atom is 0.333 e. The summed E-state index contributed by atoms with van der Waals surface area (Å²) in [6.45, 7) is 13.5. The highest BCUT2D eigenvalue weighted by Gasteiger charge is 2.56. The number of ether oxygens (including phenoxy) is 1. The first-order valence-electron chi connectivity index (χ1n) is 8.84. The summed E-state index contributed by atoms with van der Waals surface area (Å²) in [5, 5.41) is 10.6. The van der Waals surface area contributed by atoms with Crippen molar-refractivity contribution in [3.8, 4) is 0 Å². The lowest BCUT2D eigenvalue weighted by molar-refractivity contribution is -0.173. The van der Waals surface area contributed by atoms with Crippen LogP contribution in [0, 0.1) is 23.2 Å². The first-order chi connectivity index (χ1) is 11.1. The van der Waals surface area contributed by atoms with Crippen LogP contribution in [-0.4, -0.2) is 29.1 Å². The predicted octanol–water partition coefficient (Wildman–Crippen LogP) is 3.44. The van der Waals surface area contributed by atoms with Gasteiger partial charge in [0.2, 0.25) is 0 Å². The molecular formula is C20H30O4. The second-order valence-corrected chi connectivity index (χ2v) is 7.84. The topological polar surface area (TPSA) is 63.6 Å². The Morgan fingerprint density at radius 1 is 1.38 bits per heavy atom. The van der Waals surface area contributed by atoms with Gasteiger partial charge in [-0.3, -0.25) is 4.79 Å². The molecule has 134 valence electrons. The number of rotatable bonds is 3. The first-order valence-corrected chi connectivity index (χ1v) is 8.84. The molecule has 2 aliphatic rings. The fraction of sp³-hybridized carbons (Fsp3) is 0.700. The zero-order valence-corrected chi connectivity index (χ0v) is 15.5. The molecule has 4 heteroatoms. The Hall–Kier alpha value is -1.42. The Balaban J connectivity index is 2.25. The molecule has 0 amide bonds. The number of Topliss-reactive ketones (excluding diaryl/α,β-unsaturated/α-hetero) is 1. The van der Waals surface area contributed by atoms with Crippen LogP contribution in [0.5, 0.6) is 0 Å². The first kappa shape index (κ1) is 18.9. The Bertz CT molecular complexity index is 576. The summed E-state index contributed by atoms with van der Waals surface area (Å²) in [6, 6.07) is 0. The van der Waals surface area contributed by atoms with Crippen molar-refractivity contribution in [3.63, 3.8) is 0 Å². The largest absolute Gasteiger partial charge is 0.459 e. The minimum absolute atomic E-state index is 0.0756. The zero-order valence-electron chi connectivity index (χ0n) is 15.5. The zero-order chi connectivity index (χ0) is 18.2. The quantitative estimate of drug-likeness (QED) is 0.488. The maximum atomic E-state index is 12.5. The Kier molecular flexibility index (Phi) is 5.38. The molecule has 0 bridgehead atoms. The van der Waals surface area contributed by atoms with Gasteiger partial charge in [0.15, 0.2) is 5.78 Å². The predicted molar refractivity (Wildman–Crippen MR) is 93.2 cm³/mol. The number of aliphatic hydroxyl groups is 1. The van der Waals surface area contributed by atoms with Crippen molar-refractivity contribution in [3.05, 3.63) is 23.8 Å². The number of ketones is 1. The smallest absolute Gasteiger partial charge is 0.333 e. The molecule has 0 radical (unpaired) electrons. The van der Waals surface area contributed by atoms with Gasteiger partial charge in [-0.1, -0.05) is 32.1 Å². The van der Waals surface area contributed by atoms with E-state index in [4.69, 9.17) is 4.74 Å². The van der Waals surface area contributed by atoms with Crippen LogP contribution in [0.1, 0.15) is 53.9 Å². The minimum atomic E-state index is -0.943. The monoisotopic (exact) mass is 334 g/mol. The molecule has 0 unspecified atom stereocenters. The van der Waals surface area contributed by atoms with E-state index in [0.29, 0.717) is 24.8 Å². The summed E-state index contributed by atoms with van der Waals surface area (Å²) in [6.07, 6.45) is 2.68. The number of esters is 1. The highest BCUT2D eigenvalue weighted by molar-refractivity contribution is 5.89. The van der Waals surface area contributed by atoms with E-state index in [1.807, 2.05) is 13.8 Å². The molecule has 0 aromatic rings. The van der Waals surface area contributed by atoms with Crippen molar-refractivity contribution in [1.82, 2.24) is 0 Å². The lowest BCUT2D eigenvalue weighted by Gasteiger charge is -2.55. The summed E-state index contributed by atoms with van der Waals surface area (Å²) in [4.78, 5) is 24.6. The van der Waals surface area contributed by atoms with E-state index in [-0.39, 0.29) is 41.0 Å². The van der Waals surface area contributed by atoms with E-state index < -0.39 is 6.10 Å². The van der Waals surface area contributed by atoms with Crippen LogP contribution in [-0.2, 0) is 14.3 Å². The Morgan fingerprint density at radius 2 is 2.00 bits per heavy atom. The number of carbonyl (C=O) groups excluding carboxylic acids is 2. The molecule has 24 heavy (non-hydrogen) atoms. The van der Waals surface area contributed by atoms with Crippen molar-refractivity contribution in [1.29, 1.82) is 0 Å². The van der Waals surface area contributed by atoms with Crippen molar-refractivity contribution < 1.29 is 19.4 Å². The van der Waals surface area contributed by atoms with E-state index >= 15 is 0 Å². The average molecular weight is 334 g/mol. The fourth-order valence-electron chi connectivity index (χ4n) is 4.41. The molecule has 0 spiro atoms. The number of carbonyl (C=O) groups is 2. The van der Waals surface area contributed by atoms with Gasteiger partial charge in [0.25, 0.3) is 0 Å². The molecule has 6 atom stereocenters. The summed E-state index contributed by atoms with van der Waals surface area (Å²) in [5.74, 6) is -0.684. The van der Waals surface area contributed by atoms with Gasteiger partial charge in [-0.25, -0.2) is 4.79 Å². The normalized spacial score (nSPS) is 40.0. The lowest BCUT2D eigenvalue weighted by Crippen LogP contribution is -2.57. The van der Waals surface area contributed by atoms with E-state index in [2.05, 4.69) is 20.4 Å². The van der Waals surface area contributed by atoms with Gasteiger partial charge < -0.3 is 9.84 Å². The molecule has 0 aromatic heterocycles. The van der Waals surface area contributed by atoms with Crippen molar-refractivity contribution in [2.24, 2.45) is 23.2 Å². The van der Waals surface area contributed by atoms with Crippen molar-refractivity contribution >= 4 is 11.8 Å². The molecule has 1 N–H and O–H groups in total. The fourth-order valence-corrected chi connectivity index (χ4v) is 4.41. The summed E-state index contributed by atoms with van der Waals surface area (Å²) in [5.41, 5.74) is 1.16. The average Bonchev–Trinajstić information content (AvgIpc) is 2.54.